The van der Waals surface area contributed by atoms with Gasteiger partial charge in [0.25, 0.3) is 5.56 Å². The van der Waals surface area contributed by atoms with Crippen molar-refractivity contribution in [2.75, 3.05) is 7.11 Å². The van der Waals surface area contributed by atoms with Gasteiger partial charge in [0.1, 0.15) is 11.3 Å². The summed E-state index contributed by atoms with van der Waals surface area (Å²) in [6.07, 6.45) is 2.36. The first-order valence-electron chi connectivity index (χ1n) is 9.87. The molecular formula is C23H20N4O4. The third kappa shape index (κ3) is 3.17. The minimum atomic E-state index is -0.769. The molecule has 0 saturated heterocycles. The Labute approximate surface area is 176 Å². The van der Waals surface area contributed by atoms with E-state index in [1.54, 1.807) is 17.0 Å². The summed E-state index contributed by atoms with van der Waals surface area (Å²) in [5, 5.41) is 19.4. The van der Waals surface area contributed by atoms with Gasteiger partial charge in [0, 0.05) is 40.7 Å². The number of para-hydroxylation sites is 2. The van der Waals surface area contributed by atoms with Gasteiger partial charge in [0.05, 0.1) is 25.3 Å². The van der Waals surface area contributed by atoms with Gasteiger partial charge in [-0.1, -0.05) is 36.4 Å². The molecule has 1 atom stereocenters. The predicted octanol–water partition coefficient (Wildman–Crippen LogP) is 2.63. The summed E-state index contributed by atoms with van der Waals surface area (Å²) in [5.74, 6) is -0.595. The topological polar surface area (TPSA) is 102 Å². The van der Waals surface area contributed by atoms with E-state index in [0.29, 0.717) is 6.54 Å². The number of benzene rings is 2. The van der Waals surface area contributed by atoms with E-state index in [1.165, 1.54) is 7.11 Å². The molecule has 8 nitrogen and oxygen atoms in total. The van der Waals surface area contributed by atoms with Crippen LogP contribution in [0.25, 0.3) is 33.1 Å². The lowest BCUT2D eigenvalue weighted by Gasteiger charge is -2.17. The number of aliphatic hydroxyl groups is 1. The molecule has 2 aromatic carbocycles. The van der Waals surface area contributed by atoms with Gasteiger partial charge in [-0.15, -0.1) is 0 Å². The van der Waals surface area contributed by atoms with E-state index < -0.39 is 17.6 Å². The molecule has 0 unspecified atom stereocenters. The van der Waals surface area contributed by atoms with E-state index in [9.17, 15) is 14.7 Å². The van der Waals surface area contributed by atoms with Gasteiger partial charge in [-0.2, -0.15) is 5.10 Å². The molecule has 0 saturated carbocycles. The number of fused-ring (bicyclic) bond motifs is 4. The quantitative estimate of drug-likeness (QED) is 0.429. The standard InChI is InChI=1S/C23H20N4O4/c1-31-23(30)18-13-26(12-17-21(18)24-25-22(17)29)10-14(28)11-27-19-8-4-2-6-15(19)16-7-3-5-9-20(16)27/h2-9,12-14,28H,10-11H2,1H3,(H,25,29)/t14-/m0/s1. The van der Waals surface area contributed by atoms with Crippen LogP contribution in [0.2, 0.25) is 0 Å². The van der Waals surface area contributed by atoms with Crippen LogP contribution in [0.1, 0.15) is 10.4 Å². The highest BCUT2D eigenvalue weighted by Crippen LogP contribution is 2.29. The number of ether oxygens (including phenoxy) is 1. The highest BCUT2D eigenvalue weighted by molar-refractivity contribution is 6.07. The lowest BCUT2D eigenvalue weighted by molar-refractivity contribution is 0.0599. The Morgan fingerprint density at radius 3 is 2.35 bits per heavy atom. The molecule has 8 heteroatoms. The summed E-state index contributed by atoms with van der Waals surface area (Å²) < 4.78 is 8.54. The highest BCUT2D eigenvalue weighted by atomic mass is 16.5. The summed E-state index contributed by atoms with van der Waals surface area (Å²) in [4.78, 5) is 24.2. The van der Waals surface area contributed by atoms with E-state index in [2.05, 4.69) is 26.9 Å². The zero-order valence-corrected chi connectivity index (χ0v) is 16.8. The number of methoxy groups -OCH3 is 1. The van der Waals surface area contributed by atoms with Gasteiger partial charge in [-0.25, -0.2) is 9.89 Å². The van der Waals surface area contributed by atoms with Crippen molar-refractivity contribution >= 4 is 27.8 Å². The number of carbonyl (C=O) groups is 1. The first-order chi connectivity index (χ1) is 15.1. The van der Waals surface area contributed by atoms with Crippen LogP contribution in [0.5, 0.6) is 0 Å². The maximum atomic E-state index is 12.2. The van der Waals surface area contributed by atoms with Gasteiger partial charge in [0.2, 0.25) is 0 Å². The van der Waals surface area contributed by atoms with Crippen LogP contribution in [0.3, 0.4) is 0 Å². The smallest absolute Gasteiger partial charge is 0.341 e. The molecule has 2 N–H and O–H groups in total. The molecule has 0 aliphatic carbocycles. The van der Waals surface area contributed by atoms with Crippen molar-refractivity contribution in [1.82, 2.24) is 19.3 Å². The van der Waals surface area contributed by atoms with Crippen molar-refractivity contribution in [3.63, 3.8) is 0 Å². The number of H-pyrrole nitrogens is 1. The van der Waals surface area contributed by atoms with Crippen molar-refractivity contribution in [3.05, 3.63) is 76.8 Å². The average molecular weight is 416 g/mol. The highest BCUT2D eigenvalue weighted by Gasteiger charge is 2.22. The van der Waals surface area contributed by atoms with Crippen molar-refractivity contribution < 1.29 is 14.6 Å². The number of aromatic amines is 1. The first kappa shape index (κ1) is 19.1. The normalized spacial score (nSPS) is 12.6. The molecule has 1 aromatic heterocycles. The molecule has 2 aliphatic rings. The summed E-state index contributed by atoms with van der Waals surface area (Å²) in [7, 11) is 1.27. The minimum Gasteiger partial charge on any atom is -0.465 e. The number of aliphatic hydroxyl groups excluding tert-OH is 1. The van der Waals surface area contributed by atoms with Crippen LogP contribution in [-0.4, -0.2) is 43.6 Å². The third-order valence-electron chi connectivity index (χ3n) is 5.51. The lowest BCUT2D eigenvalue weighted by Crippen LogP contribution is -2.23. The van der Waals surface area contributed by atoms with Crippen LogP contribution < -0.4 is 5.56 Å². The second-order valence-electron chi connectivity index (χ2n) is 7.47. The Morgan fingerprint density at radius 2 is 1.71 bits per heavy atom. The maximum Gasteiger partial charge on any atom is 0.341 e. The van der Waals surface area contributed by atoms with Gasteiger partial charge in [0.15, 0.2) is 0 Å². The molecule has 0 spiro atoms. The Morgan fingerprint density at radius 1 is 1.06 bits per heavy atom. The number of rotatable bonds is 5. The maximum absolute atomic E-state index is 12.2. The second-order valence-corrected chi connectivity index (χ2v) is 7.47. The van der Waals surface area contributed by atoms with Crippen molar-refractivity contribution in [3.8, 4) is 11.3 Å². The number of aromatic nitrogens is 4. The molecule has 0 fully saturated rings. The molecule has 3 aromatic rings. The van der Waals surface area contributed by atoms with E-state index in [0.717, 1.165) is 21.8 Å². The van der Waals surface area contributed by atoms with Crippen molar-refractivity contribution in [2.45, 2.75) is 19.2 Å². The minimum absolute atomic E-state index is 0.169. The Kier molecular flexibility index (Phi) is 4.56. The zero-order valence-electron chi connectivity index (χ0n) is 16.8. The summed E-state index contributed by atoms with van der Waals surface area (Å²) in [6, 6.07) is 16.2. The van der Waals surface area contributed by atoms with Crippen LogP contribution in [0, 0.1) is 0 Å². The number of nitrogens with zero attached hydrogens (tertiary/aromatic N) is 3. The van der Waals surface area contributed by atoms with E-state index in [4.69, 9.17) is 4.74 Å². The molecule has 156 valence electrons. The molecular weight excluding hydrogens is 396 g/mol. The zero-order chi connectivity index (χ0) is 21.5. The Bertz CT molecular complexity index is 1390. The molecule has 0 amide bonds. The molecule has 31 heavy (non-hydrogen) atoms. The van der Waals surface area contributed by atoms with Gasteiger partial charge in [-0.05, 0) is 12.1 Å². The third-order valence-corrected chi connectivity index (χ3v) is 5.51. The number of esters is 1. The van der Waals surface area contributed by atoms with Gasteiger partial charge in [-0.3, -0.25) is 4.79 Å². The number of hydrogen-bond donors (Lipinski definition) is 2. The average Bonchev–Trinajstić information content (AvgIpc) is 3.31. The monoisotopic (exact) mass is 416 g/mol. The lowest BCUT2D eigenvalue weighted by atomic mass is 10.1. The number of hydrogen-bond acceptors (Lipinski definition) is 5. The van der Waals surface area contributed by atoms with Gasteiger partial charge < -0.3 is 19.0 Å². The summed E-state index contributed by atoms with van der Waals surface area (Å²) >= 11 is 0. The van der Waals surface area contributed by atoms with Crippen LogP contribution in [-0.2, 0) is 17.8 Å². The van der Waals surface area contributed by atoms with Crippen molar-refractivity contribution in [2.24, 2.45) is 0 Å². The number of nitrogens with one attached hydrogen (secondary N) is 1. The predicted molar refractivity (Wildman–Crippen MR) is 116 cm³/mol. The number of pyridine rings is 1. The van der Waals surface area contributed by atoms with Crippen LogP contribution in [0.4, 0.5) is 0 Å². The SMILES string of the molecule is COC(=O)c1cn(C[C@H](O)Cn2c3ccccc3c3ccccc32)cc2c(=O)[nH]nc1-2. The van der Waals surface area contributed by atoms with E-state index >= 15 is 0 Å². The first-order valence-corrected chi connectivity index (χ1v) is 9.87. The van der Waals surface area contributed by atoms with Gasteiger partial charge >= 0.3 is 5.97 Å². The molecule has 2 aliphatic heterocycles. The molecule has 0 radical (unpaired) electrons. The van der Waals surface area contributed by atoms with E-state index in [-0.39, 0.29) is 23.4 Å². The molecule has 0 bridgehead atoms. The molecule has 3 heterocycles. The number of carbonyl (C=O) groups excluding carboxylic acids is 1. The fourth-order valence-corrected chi connectivity index (χ4v) is 4.17. The van der Waals surface area contributed by atoms with Crippen LogP contribution in [0.15, 0.2) is 65.7 Å². The Balaban J connectivity index is 1.52. The molecule has 5 rings (SSSR count). The summed E-state index contributed by atoms with van der Waals surface area (Å²) in [6.45, 7) is 0.535. The largest absolute Gasteiger partial charge is 0.465 e. The second kappa shape index (κ2) is 7.41. The summed E-state index contributed by atoms with van der Waals surface area (Å²) in [5.41, 5.74) is 2.37. The van der Waals surface area contributed by atoms with Crippen LogP contribution >= 0.6 is 0 Å². The Hall–Kier alpha value is -3.91. The fourth-order valence-electron chi connectivity index (χ4n) is 4.17. The van der Waals surface area contributed by atoms with Crippen molar-refractivity contribution in [1.29, 1.82) is 0 Å². The fraction of sp³-hybridized carbons (Fsp3) is 0.174. The van der Waals surface area contributed by atoms with E-state index in [1.807, 2.05) is 36.4 Å².